The van der Waals surface area contributed by atoms with Crippen molar-refractivity contribution in [2.24, 2.45) is 17.6 Å². The maximum Gasteiger partial charge on any atom is 0.410 e. The van der Waals surface area contributed by atoms with Crippen LogP contribution in [0.2, 0.25) is 0 Å². The van der Waals surface area contributed by atoms with E-state index >= 15 is 0 Å². The molecule has 6 heteroatoms. The number of hydrogen-bond donors (Lipinski definition) is 1. The molecule has 0 aromatic heterocycles. The van der Waals surface area contributed by atoms with Crippen molar-refractivity contribution in [3.8, 4) is 0 Å². The molecule has 1 saturated heterocycles. The molecule has 1 aromatic rings. The van der Waals surface area contributed by atoms with Crippen molar-refractivity contribution in [1.29, 1.82) is 0 Å². The number of hydrogen-bond acceptors (Lipinski definition) is 4. The van der Waals surface area contributed by atoms with Crippen LogP contribution in [-0.4, -0.2) is 53.5 Å². The van der Waals surface area contributed by atoms with Crippen LogP contribution >= 0.6 is 0 Å². The van der Waals surface area contributed by atoms with Gasteiger partial charge in [-0.1, -0.05) is 44.2 Å². The molecule has 2 amide bonds. The minimum Gasteiger partial charge on any atom is -0.445 e. The monoisotopic (exact) mass is 389 g/mol. The molecule has 1 aromatic carbocycles. The molecule has 2 rings (SSSR count). The molecule has 1 fully saturated rings. The van der Waals surface area contributed by atoms with Gasteiger partial charge in [0.05, 0.1) is 6.04 Å². The normalized spacial score (nSPS) is 18.2. The lowest BCUT2D eigenvalue weighted by atomic mass is 9.95. The summed E-state index contributed by atoms with van der Waals surface area (Å²) in [6.07, 6.45) is 1.63. The maximum absolute atomic E-state index is 12.6. The van der Waals surface area contributed by atoms with Crippen LogP contribution in [0.4, 0.5) is 4.79 Å². The molecule has 1 heterocycles. The highest BCUT2D eigenvalue weighted by Crippen LogP contribution is 2.21. The Bertz CT molecular complexity index is 633. The first kappa shape index (κ1) is 22.2. The molecule has 0 saturated carbocycles. The van der Waals surface area contributed by atoms with Gasteiger partial charge in [-0.25, -0.2) is 4.79 Å². The van der Waals surface area contributed by atoms with Crippen LogP contribution in [0.1, 0.15) is 46.1 Å². The van der Waals surface area contributed by atoms with E-state index in [1.807, 2.05) is 62.9 Å². The van der Waals surface area contributed by atoms with Gasteiger partial charge in [0.15, 0.2) is 0 Å². The number of ether oxygens (including phenoxy) is 1. The van der Waals surface area contributed by atoms with E-state index < -0.39 is 6.04 Å². The number of benzene rings is 1. The van der Waals surface area contributed by atoms with Gasteiger partial charge in [-0.2, -0.15) is 0 Å². The summed E-state index contributed by atoms with van der Waals surface area (Å²) in [5.41, 5.74) is 7.02. The highest BCUT2D eigenvalue weighted by Gasteiger charge is 2.31. The van der Waals surface area contributed by atoms with E-state index in [4.69, 9.17) is 10.5 Å². The largest absolute Gasteiger partial charge is 0.445 e. The molecular formula is C22H35N3O3. The predicted molar refractivity (Wildman–Crippen MR) is 111 cm³/mol. The first-order chi connectivity index (χ1) is 13.3. The number of piperidine rings is 1. The lowest BCUT2D eigenvalue weighted by Gasteiger charge is -2.38. The second-order valence-corrected chi connectivity index (χ2v) is 8.35. The third kappa shape index (κ3) is 6.23. The fraction of sp³-hybridized carbons (Fsp3) is 0.636. The van der Waals surface area contributed by atoms with Crippen LogP contribution in [0.25, 0.3) is 0 Å². The molecule has 2 atom stereocenters. The van der Waals surface area contributed by atoms with Crippen molar-refractivity contribution < 1.29 is 14.3 Å². The fourth-order valence-corrected chi connectivity index (χ4v) is 3.49. The van der Waals surface area contributed by atoms with Gasteiger partial charge < -0.3 is 20.3 Å². The number of carbonyl (C=O) groups is 2. The third-order valence-corrected chi connectivity index (χ3v) is 5.35. The minimum absolute atomic E-state index is 0.0162. The van der Waals surface area contributed by atoms with Crippen LogP contribution in [0.5, 0.6) is 0 Å². The molecule has 0 aliphatic carbocycles. The molecule has 1 aliphatic heterocycles. The Kier molecular flexibility index (Phi) is 8.30. The zero-order valence-electron chi connectivity index (χ0n) is 17.6. The van der Waals surface area contributed by atoms with Crippen molar-refractivity contribution in [2.45, 2.75) is 59.2 Å². The summed E-state index contributed by atoms with van der Waals surface area (Å²) < 4.78 is 5.52. The van der Waals surface area contributed by atoms with Crippen LogP contribution in [0, 0.1) is 11.8 Å². The molecule has 1 aliphatic rings. The van der Waals surface area contributed by atoms with Crippen molar-refractivity contribution in [2.75, 3.05) is 19.6 Å². The van der Waals surface area contributed by atoms with Gasteiger partial charge in [-0.15, -0.1) is 0 Å². The van der Waals surface area contributed by atoms with Gasteiger partial charge in [-0.3, -0.25) is 4.79 Å². The summed E-state index contributed by atoms with van der Waals surface area (Å²) in [5, 5.41) is 0. The summed E-state index contributed by atoms with van der Waals surface area (Å²) in [7, 11) is 0. The Morgan fingerprint density at radius 2 is 1.89 bits per heavy atom. The molecule has 0 bridgehead atoms. The minimum atomic E-state index is -0.462. The predicted octanol–water partition coefficient (Wildman–Crippen LogP) is 3.26. The van der Waals surface area contributed by atoms with Crippen LogP contribution in [0.15, 0.2) is 30.3 Å². The molecule has 2 N–H and O–H groups in total. The average molecular weight is 390 g/mol. The standard InChI is InChI=1S/C22H35N3O3/c1-16(2)20(23)21(26)24-12-8-11-19(13-24)14-25(17(3)4)22(27)28-15-18-9-6-5-7-10-18/h5-7,9-10,16-17,19-20H,8,11-15,23H2,1-4H3/t19-,20-/m0/s1. The fourth-order valence-electron chi connectivity index (χ4n) is 3.49. The smallest absolute Gasteiger partial charge is 0.410 e. The first-order valence-corrected chi connectivity index (χ1v) is 10.3. The van der Waals surface area contributed by atoms with Crippen molar-refractivity contribution in [3.05, 3.63) is 35.9 Å². The summed E-state index contributed by atoms with van der Waals surface area (Å²) in [6.45, 7) is 10.2. The van der Waals surface area contributed by atoms with Gasteiger partial charge >= 0.3 is 6.09 Å². The second kappa shape index (κ2) is 10.5. The Hall–Kier alpha value is -2.08. The average Bonchev–Trinajstić information content (AvgIpc) is 2.69. The molecule has 0 radical (unpaired) electrons. The third-order valence-electron chi connectivity index (χ3n) is 5.35. The molecule has 28 heavy (non-hydrogen) atoms. The van der Waals surface area contributed by atoms with Crippen LogP contribution in [0.3, 0.4) is 0 Å². The molecule has 0 unspecified atom stereocenters. The number of carbonyl (C=O) groups excluding carboxylic acids is 2. The van der Waals surface area contributed by atoms with Gasteiger partial charge in [-0.05, 0) is 44.1 Å². The van der Waals surface area contributed by atoms with Gasteiger partial charge in [0.2, 0.25) is 5.91 Å². The van der Waals surface area contributed by atoms with E-state index in [1.165, 1.54) is 0 Å². The molecule has 6 nitrogen and oxygen atoms in total. The topological polar surface area (TPSA) is 75.9 Å². The lowest BCUT2D eigenvalue weighted by Crippen LogP contribution is -2.52. The zero-order chi connectivity index (χ0) is 20.7. The lowest BCUT2D eigenvalue weighted by molar-refractivity contribution is -0.135. The van der Waals surface area contributed by atoms with Gasteiger partial charge in [0.1, 0.15) is 6.61 Å². The molecule has 156 valence electrons. The summed E-state index contributed by atoms with van der Waals surface area (Å²) in [6, 6.07) is 9.25. The van der Waals surface area contributed by atoms with Crippen molar-refractivity contribution in [1.82, 2.24) is 9.80 Å². The second-order valence-electron chi connectivity index (χ2n) is 8.35. The number of likely N-dealkylation sites (tertiary alicyclic amines) is 1. The van der Waals surface area contributed by atoms with E-state index in [-0.39, 0.29) is 36.5 Å². The van der Waals surface area contributed by atoms with Gasteiger partial charge in [0, 0.05) is 25.7 Å². The Labute approximate surface area is 169 Å². The number of amides is 2. The van der Waals surface area contributed by atoms with Crippen molar-refractivity contribution in [3.63, 3.8) is 0 Å². The molecule has 0 spiro atoms. The highest BCUT2D eigenvalue weighted by atomic mass is 16.6. The van der Waals surface area contributed by atoms with E-state index in [1.54, 1.807) is 4.90 Å². The summed E-state index contributed by atoms with van der Waals surface area (Å²) in [4.78, 5) is 28.9. The molecular weight excluding hydrogens is 354 g/mol. The highest BCUT2D eigenvalue weighted by molar-refractivity contribution is 5.82. The SMILES string of the molecule is CC(C)[C@H](N)C(=O)N1CCC[C@H](CN(C(=O)OCc2ccccc2)C(C)C)C1. The Balaban J connectivity index is 1.93. The Morgan fingerprint density at radius 1 is 1.21 bits per heavy atom. The van der Waals surface area contributed by atoms with E-state index in [9.17, 15) is 9.59 Å². The van der Waals surface area contributed by atoms with E-state index in [2.05, 4.69) is 0 Å². The number of nitrogens with zero attached hydrogens (tertiary/aromatic N) is 2. The summed E-state index contributed by atoms with van der Waals surface area (Å²) in [5.74, 6) is 0.374. The summed E-state index contributed by atoms with van der Waals surface area (Å²) >= 11 is 0. The van der Waals surface area contributed by atoms with Crippen LogP contribution in [-0.2, 0) is 16.1 Å². The Morgan fingerprint density at radius 3 is 2.50 bits per heavy atom. The maximum atomic E-state index is 12.6. The van der Waals surface area contributed by atoms with E-state index in [0.29, 0.717) is 13.1 Å². The number of nitrogens with two attached hydrogens (primary N) is 1. The van der Waals surface area contributed by atoms with Gasteiger partial charge in [0.25, 0.3) is 0 Å². The quantitative estimate of drug-likeness (QED) is 0.777. The van der Waals surface area contributed by atoms with E-state index in [0.717, 1.165) is 24.9 Å². The first-order valence-electron chi connectivity index (χ1n) is 10.3. The van der Waals surface area contributed by atoms with Crippen LogP contribution < -0.4 is 5.73 Å². The van der Waals surface area contributed by atoms with Crippen molar-refractivity contribution >= 4 is 12.0 Å². The number of rotatable bonds is 7. The zero-order valence-corrected chi connectivity index (χ0v) is 17.6.